The lowest BCUT2D eigenvalue weighted by atomic mass is 10.1. The third kappa shape index (κ3) is 4.02. The van der Waals surface area contributed by atoms with Gasteiger partial charge in [-0.1, -0.05) is 24.3 Å². The Morgan fingerprint density at radius 3 is 2.05 bits per heavy atom. The zero-order valence-electron chi connectivity index (χ0n) is 10.6. The number of hydrogen-bond acceptors (Lipinski definition) is 5. The smallest absolute Gasteiger partial charge is 0.335 e. The Labute approximate surface area is 115 Å². The highest BCUT2D eigenvalue weighted by atomic mass is 16.4. The minimum absolute atomic E-state index is 0.302. The Balaban J connectivity index is 0.000000200. The van der Waals surface area contributed by atoms with Crippen LogP contribution in [-0.2, 0) is 16.0 Å². The second kappa shape index (κ2) is 6.99. The molecular formula is C13H17NO6. The molecule has 110 valence electrons. The summed E-state index contributed by atoms with van der Waals surface area (Å²) >= 11 is 0. The first kappa shape index (κ1) is 16.1. The van der Waals surface area contributed by atoms with E-state index in [-0.39, 0.29) is 0 Å². The van der Waals surface area contributed by atoms with Crippen molar-refractivity contribution in [3.63, 3.8) is 0 Å². The van der Waals surface area contributed by atoms with Crippen molar-refractivity contribution < 1.29 is 30.0 Å². The molecule has 7 nitrogen and oxygen atoms in total. The zero-order valence-corrected chi connectivity index (χ0v) is 10.6. The number of rotatable bonds is 3. The number of aliphatic hydroxyl groups is 2. The van der Waals surface area contributed by atoms with Crippen LogP contribution < -0.4 is 5.73 Å². The summed E-state index contributed by atoms with van der Waals surface area (Å²) in [6, 6.07) is 8.74. The van der Waals surface area contributed by atoms with Gasteiger partial charge in [0, 0.05) is 6.04 Å². The fraction of sp³-hybridized carbons (Fsp3) is 0.385. The molecule has 0 aromatic heterocycles. The quantitative estimate of drug-likeness (QED) is 0.504. The highest BCUT2D eigenvalue weighted by Crippen LogP contribution is 2.28. The minimum atomic E-state index is -2.27. The van der Waals surface area contributed by atoms with Crippen molar-refractivity contribution in [2.75, 3.05) is 0 Å². The maximum atomic E-state index is 9.77. The maximum absolute atomic E-state index is 9.77. The first-order valence-corrected chi connectivity index (χ1v) is 5.99. The molecule has 0 heterocycles. The molecule has 1 aromatic rings. The number of carbonyl (C=O) groups is 2. The van der Waals surface area contributed by atoms with Gasteiger partial charge in [0.2, 0.25) is 0 Å². The Kier molecular flexibility index (Phi) is 5.63. The summed E-state index contributed by atoms with van der Waals surface area (Å²) < 4.78 is 0. The molecule has 2 rings (SSSR count). The standard InChI is InChI=1S/C9H11N.C4H6O6/c10-9-6-5-7-3-1-2-4-8(7)9;5-1(3(7)8)2(6)4(9)10/h1-4,9H,5-6,10H2;1-2,5-6H,(H,7,8)(H,9,10)/t9-;1-,2-/m01/s1. The molecule has 0 fully saturated rings. The van der Waals surface area contributed by atoms with Crippen LogP contribution >= 0.6 is 0 Å². The number of aryl methyl sites for hydroxylation is 1. The molecule has 6 N–H and O–H groups in total. The van der Waals surface area contributed by atoms with Crippen molar-refractivity contribution in [3.05, 3.63) is 35.4 Å². The van der Waals surface area contributed by atoms with Crippen molar-refractivity contribution in [2.45, 2.75) is 31.1 Å². The number of benzene rings is 1. The molecule has 0 bridgehead atoms. The van der Waals surface area contributed by atoms with Crippen LogP contribution in [0.4, 0.5) is 0 Å². The van der Waals surface area contributed by atoms with Crippen LogP contribution in [0, 0.1) is 0 Å². The summed E-state index contributed by atoms with van der Waals surface area (Å²) in [5.41, 5.74) is 8.64. The van der Waals surface area contributed by atoms with E-state index in [1.807, 2.05) is 0 Å². The fourth-order valence-corrected chi connectivity index (χ4v) is 1.86. The molecule has 1 aliphatic carbocycles. The van der Waals surface area contributed by atoms with Crippen LogP contribution in [0.25, 0.3) is 0 Å². The highest BCUT2D eigenvalue weighted by Gasteiger charge is 2.29. The van der Waals surface area contributed by atoms with E-state index >= 15 is 0 Å². The number of aliphatic hydroxyl groups excluding tert-OH is 2. The summed E-state index contributed by atoms with van der Waals surface area (Å²) in [6.45, 7) is 0. The van der Waals surface area contributed by atoms with Gasteiger partial charge in [-0.05, 0) is 24.0 Å². The van der Waals surface area contributed by atoms with Crippen molar-refractivity contribution in [1.82, 2.24) is 0 Å². The molecule has 1 aliphatic rings. The first-order valence-electron chi connectivity index (χ1n) is 5.99. The molecular weight excluding hydrogens is 266 g/mol. The maximum Gasteiger partial charge on any atom is 0.335 e. The van der Waals surface area contributed by atoms with Crippen LogP contribution in [0.2, 0.25) is 0 Å². The van der Waals surface area contributed by atoms with Crippen LogP contribution in [-0.4, -0.2) is 44.6 Å². The Morgan fingerprint density at radius 2 is 1.60 bits per heavy atom. The van der Waals surface area contributed by atoms with E-state index in [1.54, 1.807) is 0 Å². The Hall–Kier alpha value is -1.96. The van der Waals surface area contributed by atoms with Crippen molar-refractivity contribution in [1.29, 1.82) is 0 Å². The monoisotopic (exact) mass is 283 g/mol. The Morgan fingerprint density at radius 1 is 1.10 bits per heavy atom. The molecule has 0 unspecified atom stereocenters. The number of carboxylic acids is 2. The number of fused-ring (bicyclic) bond motifs is 1. The summed E-state index contributed by atoms with van der Waals surface area (Å²) in [4.78, 5) is 19.5. The van der Waals surface area contributed by atoms with Gasteiger partial charge in [-0.25, -0.2) is 9.59 Å². The molecule has 0 saturated carbocycles. The summed E-state index contributed by atoms with van der Waals surface area (Å²) in [5.74, 6) is -3.54. The van der Waals surface area contributed by atoms with Gasteiger partial charge >= 0.3 is 11.9 Å². The van der Waals surface area contributed by atoms with Crippen molar-refractivity contribution in [3.8, 4) is 0 Å². The lowest BCUT2D eigenvalue weighted by molar-refractivity contribution is -0.165. The van der Waals surface area contributed by atoms with Crippen LogP contribution in [0.15, 0.2) is 24.3 Å². The third-order valence-corrected chi connectivity index (χ3v) is 2.98. The lowest BCUT2D eigenvalue weighted by Crippen LogP contribution is -2.39. The molecule has 0 radical (unpaired) electrons. The molecule has 0 saturated heterocycles. The largest absolute Gasteiger partial charge is 0.479 e. The van der Waals surface area contributed by atoms with E-state index in [0.717, 1.165) is 12.8 Å². The molecule has 0 amide bonds. The van der Waals surface area contributed by atoms with E-state index in [4.69, 9.17) is 26.2 Å². The normalized spacial score (nSPS) is 19.2. The molecule has 0 spiro atoms. The predicted molar refractivity (Wildman–Crippen MR) is 69.0 cm³/mol. The molecule has 0 aliphatic heterocycles. The summed E-state index contributed by atoms with van der Waals surface area (Å²) in [6.07, 6.45) is -2.24. The predicted octanol–water partition coefficient (Wildman–Crippen LogP) is -0.490. The number of hydrogen-bond donors (Lipinski definition) is 5. The lowest BCUT2D eigenvalue weighted by Gasteiger charge is -2.07. The topological polar surface area (TPSA) is 141 Å². The van der Waals surface area contributed by atoms with Crippen molar-refractivity contribution in [2.24, 2.45) is 5.73 Å². The number of carboxylic acid groups (broad SMARTS) is 2. The average molecular weight is 283 g/mol. The van der Waals surface area contributed by atoms with Crippen LogP contribution in [0.5, 0.6) is 0 Å². The van der Waals surface area contributed by atoms with Crippen molar-refractivity contribution >= 4 is 11.9 Å². The van der Waals surface area contributed by atoms with Gasteiger partial charge in [0.1, 0.15) is 0 Å². The highest BCUT2D eigenvalue weighted by molar-refractivity contribution is 5.83. The number of aliphatic carboxylic acids is 2. The van der Waals surface area contributed by atoms with E-state index < -0.39 is 24.1 Å². The SMILES string of the molecule is N[C@H]1CCc2ccccc21.O=C(O)[C@H](O)[C@@H](O)C(=O)O. The number of nitrogens with two attached hydrogens (primary N) is 1. The van der Waals surface area contributed by atoms with Gasteiger partial charge < -0.3 is 26.2 Å². The van der Waals surface area contributed by atoms with Gasteiger partial charge in [0.05, 0.1) is 0 Å². The Bertz CT molecular complexity index is 472. The second-order valence-electron chi connectivity index (χ2n) is 4.41. The van der Waals surface area contributed by atoms with Gasteiger partial charge in [-0.15, -0.1) is 0 Å². The minimum Gasteiger partial charge on any atom is -0.479 e. The van der Waals surface area contributed by atoms with E-state index in [0.29, 0.717) is 6.04 Å². The zero-order chi connectivity index (χ0) is 15.3. The second-order valence-corrected chi connectivity index (χ2v) is 4.41. The van der Waals surface area contributed by atoms with E-state index in [1.165, 1.54) is 11.1 Å². The first-order chi connectivity index (χ1) is 9.34. The van der Waals surface area contributed by atoms with Gasteiger partial charge in [0.25, 0.3) is 0 Å². The van der Waals surface area contributed by atoms with E-state index in [9.17, 15) is 9.59 Å². The summed E-state index contributed by atoms with van der Waals surface area (Å²) in [5, 5.41) is 32.5. The van der Waals surface area contributed by atoms with Gasteiger partial charge in [-0.2, -0.15) is 0 Å². The van der Waals surface area contributed by atoms with E-state index in [2.05, 4.69) is 24.3 Å². The molecule has 1 aromatic carbocycles. The van der Waals surface area contributed by atoms with Gasteiger partial charge in [0.15, 0.2) is 12.2 Å². The fourth-order valence-electron chi connectivity index (χ4n) is 1.86. The van der Waals surface area contributed by atoms with Crippen LogP contribution in [0.3, 0.4) is 0 Å². The average Bonchev–Trinajstić information content (AvgIpc) is 2.80. The third-order valence-electron chi connectivity index (χ3n) is 2.98. The van der Waals surface area contributed by atoms with Gasteiger partial charge in [-0.3, -0.25) is 0 Å². The molecule has 7 heteroatoms. The molecule has 3 atom stereocenters. The molecule has 20 heavy (non-hydrogen) atoms. The van der Waals surface area contributed by atoms with Crippen LogP contribution in [0.1, 0.15) is 23.6 Å². The summed E-state index contributed by atoms with van der Waals surface area (Å²) in [7, 11) is 0.